The molecule has 0 aliphatic carbocycles. The van der Waals surface area contributed by atoms with Gasteiger partial charge in [-0.1, -0.05) is 48.5 Å². The van der Waals surface area contributed by atoms with Crippen molar-refractivity contribution in [1.82, 2.24) is 9.80 Å². The molecule has 146 valence electrons. The molecule has 0 atom stereocenters. The highest BCUT2D eigenvalue weighted by atomic mass is 16.2. The largest absolute Gasteiger partial charge is 0.299 e. The van der Waals surface area contributed by atoms with E-state index >= 15 is 0 Å². The molecule has 2 aliphatic heterocycles. The molecule has 0 saturated carbocycles. The molecule has 2 aliphatic rings. The Bertz CT molecular complexity index is 1050. The number of fused-ring (bicyclic) bond motifs is 1. The average Bonchev–Trinajstić information content (AvgIpc) is 2.76. The molecule has 0 saturated heterocycles. The van der Waals surface area contributed by atoms with Crippen molar-refractivity contribution in [2.75, 3.05) is 19.6 Å². The molecule has 3 aromatic rings. The number of amides is 2. The average molecular weight is 384 g/mol. The number of hydrogen-bond acceptors (Lipinski definition) is 3. The molecule has 29 heavy (non-hydrogen) atoms. The SMILES string of the molecule is O=C1c2cccc3cccc(c23)C(=O)N1CCCCN1CCc2ccccc2C1. The van der Waals surface area contributed by atoms with Crippen LogP contribution in [0.4, 0.5) is 0 Å². The molecule has 4 heteroatoms. The van der Waals surface area contributed by atoms with Crippen LogP contribution in [-0.4, -0.2) is 41.2 Å². The molecular weight excluding hydrogens is 360 g/mol. The van der Waals surface area contributed by atoms with E-state index in [4.69, 9.17) is 0 Å². The second-order valence-corrected chi connectivity index (χ2v) is 7.97. The molecule has 2 amide bonds. The molecule has 0 N–H and O–H groups in total. The molecule has 0 fully saturated rings. The minimum atomic E-state index is -0.161. The van der Waals surface area contributed by atoms with Gasteiger partial charge in [0.15, 0.2) is 0 Å². The zero-order chi connectivity index (χ0) is 19.8. The Labute approximate surface area is 170 Å². The minimum absolute atomic E-state index is 0.161. The fourth-order valence-electron chi connectivity index (χ4n) is 4.63. The van der Waals surface area contributed by atoms with Crippen LogP contribution in [0.5, 0.6) is 0 Å². The maximum absolute atomic E-state index is 12.9. The Morgan fingerprint density at radius 2 is 1.38 bits per heavy atom. The zero-order valence-corrected chi connectivity index (χ0v) is 16.4. The Balaban J connectivity index is 1.22. The summed E-state index contributed by atoms with van der Waals surface area (Å²) in [6, 6.07) is 20.0. The minimum Gasteiger partial charge on any atom is -0.299 e. The third-order valence-corrected chi connectivity index (χ3v) is 6.17. The topological polar surface area (TPSA) is 40.6 Å². The van der Waals surface area contributed by atoms with Crippen LogP contribution in [0, 0.1) is 0 Å². The molecular formula is C25H24N2O2. The van der Waals surface area contributed by atoms with Crippen molar-refractivity contribution in [1.29, 1.82) is 0 Å². The molecule has 5 rings (SSSR count). The maximum atomic E-state index is 12.9. The van der Waals surface area contributed by atoms with Crippen molar-refractivity contribution in [3.05, 3.63) is 82.9 Å². The summed E-state index contributed by atoms with van der Waals surface area (Å²) in [4.78, 5) is 29.8. The molecule has 3 aromatic carbocycles. The summed E-state index contributed by atoms with van der Waals surface area (Å²) in [6.07, 6.45) is 2.90. The summed E-state index contributed by atoms with van der Waals surface area (Å²) in [6.45, 7) is 3.55. The first-order chi connectivity index (χ1) is 14.2. The molecule has 0 unspecified atom stereocenters. The fourth-order valence-corrected chi connectivity index (χ4v) is 4.63. The highest BCUT2D eigenvalue weighted by Crippen LogP contribution is 2.30. The summed E-state index contributed by atoms with van der Waals surface area (Å²) in [5, 5.41) is 1.75. The van der Waals surface area contributed by atoms with Gasteiger partial charge >= 0.3 is 0 Å². The Morgan fingerprint density at radius 1 is 0.724 bits per heavy atom. The van der Waals surface area contributed by atoms with Gasteiger partial charge < -0.3 is 0 Å². The first kappa shape index (κ1) is 18.1. The van der Waals surface area contributed by atoms with Gasteiger partial charge in [0.25, 0.3) is 11.8 Å². The summed E-state index contributed by atoms with van der Waals surface area (Å²) >= 11 is 0. The van der Waals surface area contributed by atoms with Crippen molar-refractivity contribution in [3.63, 3.8) is 0 Å². The number of benzene rings is 3. The van der Waals surface area contributed by atoms with E-state index in [1.807, 2.05) is 36.4 Å². The van der Waals surface area contributed by atoms with Gasteiger partial charge in [-0.3, -0.25) is 19.4 Å². The van der Waals surface area contributed by atoms with Crippen LogP contribution in [0.15, 0.2) is 60.7 Å². The molecule has 0 aromatic heterocycles. The number of carbonyl (C=O) groups excluding carboxylic acids is 2. The summed E-state index contributed by atoms with van der Waals surface area (Å²) in [5.74, 6) is -0.322. The van der Waals surface area contributed by atoms with Crippen molar-refractivity contribution in [3.8, 4) is 0 Å². The van der Waals surface area contributed by atoms with Gasteiger partial charge in [0.2, 0.25) is 0 Å². The van der Waals surface area contributed by atoms with Crippen molar-refractivity contribution in [2.45, 2.75) is 25.8 Å². The Morgan fingerprint density at radius 3 is 2.10 bits per heavy atom. The summed E-state index contributed by atoms with van der Waals surface area (Å²) in [7, 11) is 0. The quantitative estimate of drug-likeness (QED) is 0.487. The molecule has 0 spiro atoms. The van der Waals surface area contributed by atoms with Crippen molar-refractivity contribution < 1.29 is 9.59 Å². The van der Waals surface area contributed by atoms with Gasteiger partial charge in [-0.05, 0) is 54.5 Å². The van der Waals surface area contributed by atoms with E-state index in [2.05, 4.69) is 29.2 Å². The van der Waals surface area contributed by atoms with E-state index < -0.39 is 0 Å². The van der Waals surface area contributed by atoms with Crippen LogP contribution in [0.3, 0.4) is 0 Å². The third kappa shape index (κ3) is 3.23. The van der Waals surface area contributed by atoms with Crippen LogP contribution < -0.4 is 0 Å². The van der Waals surface area contributed by atoms with E-state index in [1.165, 1.54) is 16.0 Å². The van der Waals surface area contributed by atoms with Crippen LogP contribution in [-0.2, 0) is 13.0 Å². The van der Waals surface area contributed by atoms with Crippen molar-refractivity contribution >= 4 is 22.6 Å². The second-order valence-electron chi connectivity index (χ2n) is 7.97. The third-order valence-electron chi connectivity index (χ3n) is 6.17. The lowest BCUT2D eigenvalue weighted by Crippen LogP contribution is -2.41. The Kier molecular flexibility index (Phi) is 4.64. The van der Waals surface area contributed by atoms with Crippen LogP contribution >= 0.6 is 0 Å². The van der Waals surface area contributed by atoms with Crippen molar-refractivity contribution in [2.24, 2.45) is 0 Å². The summed E-state index contributed by atoms with van der Waals surface area (Å²) in [5.41, 5.74) is 4.17. The monoisotopic (exact) mass is 384 g/mol. The molecule has 0 radical (unpaired) electrons. The first-order valence-corrected chi connectivity index (χ1v) is 10.4. The maximum Gasteiger partial charge on any atom is 0.261 e. The fraction of sp³-hybridized carbons (Fsp3) is 0.280. The number of imide groups is 1. The van der Waals surface area contributed by atoms with Gasteiger partial charge in [-0.25, -0.2) is 0 Å². The van der Waals surface area contributed by atoms with E-state index in [9.17, 15) is 9.59 Å². The van der Waals surface area contributed by atoms with Gasteiger partial charge in [-0.2, -0.15) is 0 Å². The lowest BCUT2D eigenvalue weighted by Gasteiger charge is -2.29. The predicted octanol–water partition coefficient (Wildman–Crippen LogP) is 4.27. The number of nitrogens with zero attached hydrogens (tertiary/aromatic N) is 2. The van der Waals surface area contributed by atoms with Crippen LogP contribution in [0.2, 0.25) is 0 Å². The lowest BCUT2D eigenvalue weighted by atomic mass is 9.94. The number of hydrogen-bond donors (Lipinski definition) is 0. The number of rotatable bonds is 5. The normalized spacial score (nSPS) is 16.3. The molecule has 4 nitrogen and oxygen atoms in total. The molecule has 2 heterocycles. The zero-order valence-electron chi connectivity index (χ0n) is 16.4. The highest BCUT2D eigenvalue weighted by Gasteiger charge is 2.32. The van der Waals surface area contributed by atoms with Gasteiger partial charge in [0.05, 0.1) is 0 Å². The first-order valence-electron chi connectivity index (χ1n) is 10.4. The van der Waals surface area contributed by atoms with Gasteiger partial charge in [-0.15, -0.1) is 0 Å². The standard InChI is InChI=1S/C25H24N2O2/c28-24-21-11-5-9-19-10-6-12-22(23(19)21)25(29)27(24)15-4-3-14-26-16-13-18-7-1-2-8-20(18)17-26/h1-2,5-12H,3-4,13-17H2. The Hall–Kier alpha value is -2.98. The van der Waals surface area contributed by atoms with E-state index in [-0.39, 0.29) is 11.8 Å². The van der Waals surface area contributed by atoms with E-state index in [1.54, 1.807) is 0 Å². The number of carbonyl (C=O) groups is 2. The smallest absolute Gasteiger partial charge is 0.261 e. The van der Waals surface area contributed by atoms with Crippen LogP contribution in [0.1, 0.15) is 44.7 Å². The second kappa shape index (κ2) is 7.45. The predicted molar refractivity (Wildman–Crippen MR) is 114 cm³/mol. The van der Waals surface area contributed by atoms with Crippen LogP contribution in [0.25, 0.3) is 10.8 Å². The number of unbranched alkanes of at least 4 members (excludes halogenated alkanes) is 1. The van der Waals surface area contributed by atoms with Gasteiger partial charge in [0, 0.05) is 36.1 Å². The van der Waals surface area contributed by atoms with E-state index in [0.29, 0.717) is 17.7 Å². The van der Waals surface area contributed by atoms with E-state index in [0.717, 1.165) is 49.7 Å². The highest BCUT2D eigenvalue weighted by molar-refractivity contribution is 6.25. The summed E-state index contributed by atoms with van der Waals surface area (Å²) < 4.78 is 0. The van der Waals surface area contributed by atoms with Gasteiger partial charge in [0.1, 0.15) is 0 Å². The lowest BCUT2D eigenvalue weighted by molar-refractivity contribution is 0.0606. The molecule has 0 bridgehead atoms.